The molecule has 0 fully saturated rings. The maximum atomic E-state index is 2.36. The first-order valence-corrected chi connectivity index (χ1v) is 12.2. The second-order valence-corrected chi connectivity index (χ2v) is 9.25. The molecule has 0 bridgehead atoms. The summed E-state index contributed by atoms with van der Waals surface area (Å²) in [6, 6.07) is 28.9. The Bertz CT molecular complexity index is 1110. The lowest BCUT2D eigenvalue weighted by Crippen LogP contribution is -2.33. The highest BCUT2D eigenvalue weighted by Crippen LogP contribution is 2.30. The summed E-state index contributed by atoms with van der Waals surface area (Å²) in [6.07, 6.45) is 12.2. The van der Waals surface area contributed by atoms with Crippen LogP contribution >= 0.6 is 0 Å². The van der Waals surface area contributed by atoms with Gasteiger partial charge in [0.25, 0.3) is 0 Å². The van der Waals surface area contributed by atoms with Crippen molar-refractivity contribution in [3.63, 3.8) is 0 Å². The Kier molecular flexibility index (Phi) is 7.67. The summed E-state index contributed by atoms with van der Waals surface area (Å²) >= 11 is 0. The minimum atomic E-state index is 0.580. The lowest BCUT2D eigenvalue weighted by Gasteiger charge is -2.19. The predicted molar refractivity (Wildman–Crippen MR) is 136 cm³/mol. The third-order valence-corrected chi connectivity index (χ3v) is 6.83. The van der Waals surface area contributed by atoms with Crippen molar-refractivity contribution in [1.29, 1.82) is 0 Å². The topological polar surface area (TPSA) is 7.76 Å². The van der Waals surface area contributed by atoms with Crippen LogP contribution in [0.25, 0.3) is 11.1 Å². The van der Waals surface area contributed by atoms with E-state index in [-0.39, 0.29) is 0 Å². The number of pyridine rings is 2. The van der Waals surface area contributed by atoms with Crippen molar-refractivity contribution >= 4 is 0 Å². The third kappa shape index (κ3) is 6.16. The number of hydrogen-bond acceptors (Lipinski definition) is 0. The van der Waals surface area contributed by atoms with Crippen LogP contribution in [-0.2, 0) is 13.6 Å². The van der Waals surface area contributed by atoms with Crippen molar-refractivity contribution in [1.82, 2.24) is 0 Å². The number of benzene rings is 2. The van der Waals surface area contributed by atoms with E-state index in [9.17, 15) is 0 Å². The highest BCUT2D eigenvalue weighted by atomic mass is 14.9. The molecule has 0 spiro atoms. The van der Waals surface area contributed by atoms with Gasteiger partial charge in [0, 0.05) is 29.8 Å². The van der Waals surface area contributed by atoms with Crippen molar-refractivity contribution in [2.24, 2.45) is 7.05 Å². The van der Waals surface area contributed by atoms with Gasteiger partial charge in [0.2, 0.25) is 0 Å². The van der Waals surface area contributed by atoms with E-state index in [1.54, 1.807) is 0 Å². The van der Waals surface area contributed by atoms with Crippen LogP contribution in [-0.4, -0.2) is 0 Å². The van der Waals surface area contributed by atoms with Gasteiger partial charge in [-0.1, -0.05) is 68.4 Å². The van der Waals surface area contributed by atoms with Crippen LogP contribution < -0.4 is 9.13 Å². The van der Waals surface area contributed by atoms with E-state index in [1.807, 2.05) is 7.05 Å². The summed E-state index contributed by atoms with van der Waals surface area (Å²) in [6.45, 7) is 5.57. The fourth-order valence-corrected chi connectivity index (χ4v) is 4.56. The number of rotatable bonds is 9. The molecule has 0 radical (unpaired) electrons. The summed E-state index contributed by atoms with van der Waals surface area (Å²) in [5.74, 6) is 1.24. The van der Waals surface area contributed by atoms with Gasteiger partial charge in [-0.3, -0.25) is 0 Å². The average Bonchev–Trinajstić information content (AvgIpc) is 2.86. The molecule has 2 aromatic heterocycles. The molecule has 2 heteroatoms. The summed E-state index contributed by atoms with van der Waals surface area (Å²) in [5.41, 5.74) is 6.75. The average molecular weight is 437 g/mol. The zero-order valence-electron chi connectivity index (χ0n) is 20.2. The van der Waals surface area contributed by atoms with Crippen LogP contribution in [0.2, 0.25) is 0 Å². The number of aryl methyl sites for hydroxylation is 1. The first-order chi connectivity index (χ1) is 16.1. The Balaban J connectivity index is 1.33. The highest BCUT2D eigenvalue weighted by Gasteiger charge is 2.13. The first-order valence-electron chi connectivity index (χ1n) is 12.2. The molecule has 2 unspecified atom stereocenters. The van der Waals surface area contributed by atoms with Gasteiger partial charge in [0.05, 0.1) is 0 Å². The molecule has 2 heterocycles. The number of nitrogens with zero attached hydrogens (tertiary/aromatic N) is 2. The number of hydrogen-bond donors (Lipinski definition) is 0. The van der Waals surface area contributed by atoms with Crippen LogP contribution in [0.3, 0.4) is 0 Å². The van der Waals surface area contributed by atoms with Crippen LogP contribution in [0.15, 0.2) is 104 Å². The SMILES string of the molecule is CCC(CCC(C)c1ccc(C[n+]2ccc(-c3cc[n+](C)cc3)cc2)cc1)c1ccccc1. The molecule has 2 nitrogen and oxygen atoms in total. The quantitative estimate of drug-likeness (QED) is 0.261. The van der Waals surface area contributed by atoms with Gasteiger partial charge in [-0.15, -0.1) is 0 Å². The molecular formula is C31H36N2+2. The standard InChI is InChI=1S/C31H36N2/c1-4-27(29-8-6-5-7-9-29)13-10-25(2)28-14-11-26(12-15-28)24-33-22-18-31(19-23-33)30-16-20-32(3)21-17-30/h5-9,11-12,14-23,25,27H,4,10,13,24H2,1-3H3/q+2. The fourth-order valence-electron chi connectivity index (χ4n) is 4.56. The van der Waals surface area contributed by atoms with Gasteiger partial charge in [0.15, 0.2) is 31.3 Å². The summed E-state index contributed by atoms with van der Waals surface area (Å²) < 4.78 is 4.30. The van der Waals surface area contributed by atoms with Crippen LogP contribution in [0.1, 0.15) is 61.6 Å². The summed E-state index contributed by atoms with van der Waals surface area (Å²) in [4.78, 5) is 0. The van der Waals surface area contributed by atoms with Crippen molar-refractivity contribution < 1.29 is 9.13 Å². The van der Waals surface area contributed by atoms with Crippen molar-refractivity contribution in [3.05, 3.63) is 120 Å². The molecule has 0 saturated heterocycles. The monoisotopic (exact) mass is 436 g/mol. The molecule has 0 amide bonds. The molecule has 4 aromatic rings. The molecule has 0 aliphatic carbocycles. The van der Waals surface area contributed by atoms with Gasteiger partial charge >= 0.3 is 0 Å². The zero-order valence-corrected chi connectivity index (χ0v) is 20.2. The Morgan fingerprint density at radius 2 is 1.27 bits per heavy atom. The van der Waals surface area contributed by atoms with E-state index in [2.05, 4.69) is 127 Å². The summed E-state index contributed by atoms with van der Waals surface area (Å²) in [5, 5.41) is 0. The summed E-state index contributed by atoms with van der Waals surface area (Å²) in [7, 11) is 2.04. The highest BCUT2D eigenvalue weighted by molar-refractivity contribution is 5.60. The van der Waals surface area contributed by atoms with Crippen LogP contribution in [0, 0.1) is 0 Å². The molecule has 33 heavy (non-hydrogen) atoms. The molecular weight excluding hydrogens is 400 g/mol. The smallest absolute Gasteiger partial charge is 0.173 e. The Morgan fingerprint density at radius 1 is 0.667 bits per heavy atom. The minimum Gasteiger partial charge on any atom is -0.208 e. The molecule has 0 saturated carbocycles. The Labute approximate surface area is 199 Å². The third-order valence-electron chi connectivity index (χ3n) is 6.83. The Hall–Kier alpha value is -3.26. The van der Waals surface area contributed by atoms with Crippen LogP contribution in [0.5, 0.6) is 0 Å². The minimum absolute atomic E-state index is 0.580. The van der Waals surface area contributed by atoms with E-state index in [4.69, 9.17) is 0 Å². The molecule has 0 aliphatic rings. The second-order valence-electron chi connectivity index (χ2n) is 9.25. The van der Waals surface area contributed by atoms with Crippen molar-refractivity contribution in [2.75, 3.05) is 0 Å². The molecule has 2 aromatic carbocycles. The lowest BCUT2D eigenvalue weighted by atomic mass is 9.86. The largest absolute Gasteiger partial charge is 0.208 e. The second kappa shape index (κ2) is 11.0. The number of aromatic nitrogens is 2. The van der Waals surface area contributed by atoms with E-state index >= 15 is 0 Å². The van der Waals surface area contributed by atoms with Crippen molar-refractivity contribution in [2.45, 2.75) is 51.5 Å². The van der Waals surface area contributed by atoms with E-state index in [0.29, 0.717) is 11.8 Å². The normalized spacial score (nSPS) is 12.9. The Morgan fingerprint density at radius 3 is 1.88 bits per heavy atom. The molecule has 0 N–H and O–H groups in total. The van der Waals surface area contributed by atoms with Crippen molar-refractivity contribution in [3.8, 4) is 11.1 Å². The van der Waals surface area contributed by atoms with E-state index < -0.39 is 0 Å². The van der Waals surface area contributed by atoms with Gasteiger partial charge in [-0.2, -0.15) is 0 Å². The zero-order chi connectivity index (χ0) is 23.0. The van der Waals surface area contributed by atoms with Gasteiger partial charge in [-0.05, 0) is 53.4 Å². The van der Waals surface area contributed by atoms with Gasteiger partial charge in [0.1, 0.15) is 7.05 Å². The molecule has 2 atom stereocenters. The lowest BCUT2D eigenvalue weighted by molar-refractivity contribution is -0.688. The molecule has 168 valence electrons. The molecule has 4 rings (SSSR count). The fraction of sp³-hybridized carbons (Fsp3) is 0.290. The predicted octanol–water partition coefficient (Wildman–Crippen LogP) is 6.59. The van der Waals surface area contributed by atoms with Gasteiger partial charge < -0.3 is 0 Å². The first kappa shape index (κ1) is 22.9. The maximum absolute atomic E-state index is 2.36. The van der Waals surface area contributed by atoms with Crippen LogP contribution in [0.4, 0.5) is 0 Å². The maximum Gasteiger partial charge on any atom is 0.173 e. The molecule has 0 aliphatic heterocycles. The van der Waals surface area contributed by atoms with E-state index in [1.165, 1.54) is 47.1 Å². The van der Waals surface area contributed by atoms with E-state index in [0.717, 1.165) is 6.54 Å². The van der Waals surface area contributed by atoms with Gasteiger partial charge in [-0.25, -0.2) is 9.13 Å².